The van der Waals surface area contributed by atoms with Gasteiger partial charge in [0.15, 0.2) is 0 Å². The lowest BCUT2D eigenvalue weighted by molar-refractivity contribution is 0.0182. The van der Waals surface area contributed by atoms with Crippen molar-refractivity contribution in [2.24, 2.45) is 5.16 Å². The third-order valence-corrected chi connectivity index (χ3v) is 5.89. The second kappa shape index (κ2) is 8.88. The van der Waals surface area contributed by atoms with Gasteiger partial charge < -0.3 is 14.8 Å². The maximum Gasteiger partial charge on any atom is 0.144 e. The number of hydrogen-bond donors (Lipinski definition) is 1. The monoisotopic (exact) mass is 414 g/mol. The topological polar surface area (TPSA) is 61.2 Å². The van der Waals surface area contributed by atoms with Crippen LogP contribution in [-0.2, 0) is 4.84 Å². The fraction of sp³-hybridized carbons (Fsp3) is 0.280. The zero-order valence-corrected chi connectivity index (χ0v) is 17.4. The number of benzene rings is 2. The first-order valence-electron chi connectivity index (χ1n) is 10.7. The molecule has 0 bridgehead atoms. The summed E-state index contributed by atoms with van der Waals surface area (Å²) in [5.74, 6) is 1.01. The van der Waals surface area contributed by atoms with Crippen molar-refractivity contribution in [3.63, 3.8) is 0 Å². The van der Waals surface area contributed by atoms with Crippen LogP contribution < -0.4 is 4.90 Å². The van der Waals surface area contributed by atoms with E-state index in [9.17, 15) is 5.11 Å². The molecule has 31 heavy (non-hydrogen) atoms. The first-order chi connectivity index (χ1) is 15.3. The molecule has 1 saturated heterocycles. The van der Waals surface area contributed by atoms with Crippen molar-refractivity contribution in [3.05, 3.63) is 84.1 Å². The van der Waals surface area contributed by atoms with Gasteiger partial charge in [-0.3, -0.25) is 4.90 Å². The summed E-state index contributed by atoms with van der Waals surface area (Å²) in [5.41, 5.74) is 5.33. The van der Waals surface area contributed by atoms with E-state index in [1.165, 1.54) is 11.1 Å². The molecule has 0 saturated carbocycles. The maximum atomic E-state index is 10.5. The number of aliphatic hydroxyl groups is 1. The average Bonchev–Trinajstić information content (AvgIpc) is 3.14. The number of aromatic nitrogens is 1. The van der Waals surface area contributed by atoms with Crippen molar-refractivity contribution in [3.8, 4) is 11.1 Å². The SMILES string of the molecule is O[C@H](CON=C1c2ccccc2-c2ccccc21)CN1CCN(c2ccccn2)CC1. The van der Waals surface area contributed by atoms with Crippen LogP contribution in [0.4, 0.5) is 5.82 Å². The Morgan fingerprint density at radius 1 is 0.839 bits per heavy atom. The molecule has 3 aromatic rings. The number of fused-ring (bicyclic) bond motifs is 3. The van der Waals surface area contributed by atoms with Gasteiger partial charge in [-0.25, -0.2) is 4.98 Å². The van der Waals surface area contributed by atoms with Crippen LogP contribution in [0.1, 0.15) is 11.1 Å². The van der Waals surface area contributed by atoms with Crippen LogP contribution in [0.2, 0.25) is 0 Å². The fourth-order valence-corrected chi connectivity index (χ4v) is 4.33. The van der Waals surface area contributed by atoms with Gasteiger partial charge in [-0.15, -0.1) is 0 Å². The zero-order chi connectivity index (χ0) is 21.0. The standard InChI is InChI=1S/C25H26N4O2/c30-19(17-28-13-15-29(16-14-28)24-11-5-6-12-26-24)18-31-27-25-22-9-3-1-7-20(22)21-8-2-4-10-23(21)25/h1-12,19,30H,13-18H2/t19-/m0/s1. The van der Waals surface area contributed by atoms with Crippen LogP contribution in [0, 0.1) is 0 Å². The predicted octanol–water partition coefficient (Wildman–Crippen LogP) is 3.01. The Morgan fingerprint density at radius 2 is 1.45 bits per heavy atom. The minimum Gasteiger partial charge on any atom is -0.392 e. The van der Waals surface area contributed by atoms with Crippen LogP contribution in [0.3, 0.4) is 0 Å². The Kier molecular flexibility index (Phi) is 5.65. The predicted molar refractivity (Wildman–Crippen MR) is 122 cm³/mol. The first-order valence-corrected chi connectivity index (χ1v) is 10.7. The normalized spacial score (nSPS) is 16.5. The molecule has 1 aliphatic carbocycles. The van der Waals surface area contributed by atoms with E-state index in [1.54, 1.807) is 0 Å². The fourth-order valence-electron chi connectivity index (χ4n) is 4.33. The van der Waals surface area contributed by atoms with Crippen molar-refractivity contribution < 1.29 is 9.94 Å². The molecule has 158 valence electrons. The van der Waals surface area contributed by atoms with E-state index in [0.29, 0.717) is 6.54 Å². The van der Waals surface area contributed by atoms with Crippen LogP contribution in [0.5, 0.6) is 0 Å². The van der Waals surface area contributed by atoms with E-state index >= 15 is 0 Å². The molecular formula is C25H26N4O2. The highest BCUT2D eigenvalue weighted by Gasteiger charge is 2.25. The van der Waals surface area contributed by atoms with Gasteiger partial charge in [0.1, 0.15) is 24.2 Å². The molecule has 1 fully saturated rings. The molecular weight excluding hydrogens is 388 g/mol. The van der Waals surface area contributed by atoms with Gasteiger partial charge in [0.05, 0.1) is 0 Å². The Morgan fingerprint density at radius 3 is 2.06 bits per heavy atom. The van der Waals surface area contributed by atoms with Crippen molar-refractivity contribution in [2.45, 2.75) is 6.10 Å². The molecule has 1 atom stereocenters. The highest BCUT2D eigenvalue weighted by atomic mass is 16.6. The second-order valence-electron chi connectivity index (χ2n) is 7.96. The summed E-state index contributed by atoms with van der Waals surface area (Å²) in [6.07, 6.45) is 1.24. The quantitative estimate of drug-likeness (QED) is 0.492. The summed E-state index contributed by atoms with van der Waals surface area (Å²) in [6, 6.07) is 22.4. The van der Waals surface area contributed by atoms with Gasteiger partial charge in [-0.2, -0.15) is 0 Å². The third-order valence-electron chi connectivity index (χ3n) is 5.89. The van der Waals surface area contributed by atoms with Crippen LogP contribution in [0.25, 0.3) is 11.1 Å². The molecule has 5 rings (SSSR count). The van der Waals surface area contributed by atoms with E-state index in [0.717, 1.165) is 48.8 Å². The van der Waals surface area contributed by atoms with Crippen LogP contribution >= 0.6 is 0 Å². The summed E-state index contributed by atoms with van der Waals surface area (Å²) in [6.45, 7) is 4.34. The molecule has 2 aromatic carbocycles. The molecule has 2 heterocycles. The Balaban J connectivity index is 1.16. The number of hydrogen-bond acceptors (Lipinski definition) is 6. The smallest absolute Gasteiger partial charge is 0.144 e. The minimum absolute atomic E-state index is 0.175. The average molecular weight is 415 g/mol. The maximum absolute atomic E-state index is 10.5. The molecule has 0 spiro atoms. The molecule has 0 amide bonds. The summed E-state index contributed by atoms with van der Waals surface area (Å²) in [7, 11) is 0. The molecule has 1 aromatic heterocycles. The molecule has 6 nitrogen and oxygen atoms in total. The highest BCUT2D eigenvalue weighted by Crippen LogP contribution is 2.36. The number of rotatable bonds is 6. The third kappa shape index (κ3) is 4.17. The molecule has 1 N–H and O–H groups in total. The Hall–Kier alpha value is -3.22. The summed E-state index contributed by atoms with van der Waals surface area (Å²) in [4.78, 5) is 14.6. The number of β-amino-alcohol motifs (C(OH)–C–C–N with tert-alkyl or cyclic N) is 1. The van der Waals surface area contributed by atoms with Gasteiger partial charge in [0.2, 0.25) is 0 Å². The van der Waals surface area contributed by atoms with Crippen molar-refractivity contribution >= 4 is 11.5 Å². The van der Waals surface area contributed by atoms with Gasteiger partial charge in [-0.1, -0.05) is 59.8 Å². The summed E-state index contributed by atoms with van der Waals surface area (Å²) < 4.78 is 0. The number of aliphatic hydroxyl groups excluding tert-OH is 1. The largest absolute Gasteiger partial charge is 0.392 e. The minimum atomic E-state index is -0.586. The van der Waals surface area contributed by atoms with E-state index in [2.05, 4.69) is 44.2 Å². The highest BCUT2D eigenvalue weighted by molar-refractivity contribution is 6.24. The number of nitrogens with zero attached hydrogens (tertiary/aromatic N) is 4. The van der Waals surface area contributed by atoms with Gasteiger partial charge in [-0.05, 0) is 23.3 Å². The van der Waals surface area contributed by atoms with Crippen LogP contribution in [-0.4, -0.2) is 66.1 Å². The van der Waals surface area contributed by atoms with Gasteiger partial charge >= 0.3 is 0 Å². The van der Waals surface area contributed by atoms with E-state index < -0.39 is 6.10 Å². The second-order valence-corrected chi connectivity index (χ2v) is 7.96. The molecule has 1 aliphatic heterocycles. The van der Waals surface area contributed by atoms with E-state index in [1.807, 2.05) is 48.7 Å². The Bertz CT molecular complexity index is 1010. The van der Waals surface area contributed by atoms with Crippen molar-refractivity contribution in [1.29, 1.82) is 0 Å². The zero-order valence-electron chi connectivity index (χ0n) is 17.4. The van der Waals surface area contributed by atoms with Gasteiger partial charge in [0.25, 0.3) is 0 Å². The lowest BCUT2D eigenvalue weighted by Gasteiger charge is -2.36. The van der Waals surface area contributed by atoms with E-state index in [4.69, 9.17) is 4.84 Å². The van der Waals surface area contributed by atoms with Gasteiger partial charge in [0, 0.05) is 50.0 Å². The number of piperazine rings is 1. The molecule has 0 unspecified atom stereocenters. The Labute approximate surface area is 182 Å². The van der Waals surface area contributed by atoms with Crippen LogP contribution in [0.15, 0.2) is 78.1 Å². The van der Waals surface area contributed by atoms with E-state index in [-0.39, 0.29) is 6.61 Å². The molecule has 2 aliphatic rings. The van der Waals surface area contributed by atoms with Crippen molar-refractivity contribution in [1.82, 2.24) is 9.88 Å². The first kappa shape index (κ1) is 19.7. The lowest BCUT2D eigenvalue weighted by Crippen LogP contribution is -2.49. The lowest BCUT2D eigenvalue weighted by atomic mass is 10.1. The number of oxime groups is 1. The number of pyridine rings is 1. The summed E-state index contributed by atoms with van der Waals surface area (Å²) >= 11 is 0. The summed E-state index contributed by atoms with van der Waals surface area (Å²) in [5, 5.41) is 14.9. The molecule has 6 heteroatoms. The number of anilines is 1. The molecule has 0 radical (unpaired) electrons. The van der Waals surface area contributed by atoms with Crippen molar-refractivity contribution in [2.75, 3.05) is 44.2 Å².